The number of hydrogen-bond acceptors (Lipinski definition) is 7. The largest absolute Gasteiger partial charge is 0.492 e. The number of hydrogen-bond donors (Lipinski definition) is 3. The summed E-state index contributed by atoms with van der Waals surface area (Å²) in [4.78, 5) is 8.61. The summed E-state index contributed by atoms with van der Waals surface area (Å²) in [7, 11) is -3.31. The molecule has 3 N–H and O–H groups in total. The van der Waals surface area contributed by atoms with E-state index in [2.05, 4.69) is 25.3 Å². The van der Waals surface area contributed by atoms with E-state index in [0.29, 0.717) is 37.1 Å². The maximum atomic E-state index is 11.4. The van der Waals surface area contributed by atoms with Crippen molar-refractivity contribution in [3.8, 4) is 5.75 Å². The predicted octanol–water partition coefficient (Wildman–Crippen LogP) is 2.95. The average molecular weight is 414 g/mol. The first-order valence-corrected chi connectivity index (χ1v) is 10.9. The van der Waals surface area contributed by atoms with Gasteiger partial charge in [-0.3, -0.25) is 4.72 Å². The third-order valence-corrected chi connectivity index (χ3v) is 4.36. The Labute approximate surface area is 170 Å². The summed E-state index contributed by atoms with van der Waals surface area (Å²) in [6.45, 7) is 1.55. The van der Waals surface area contributed by atoms with Crippen LogP contribution in [0.5, 0.6) is 5.75 Å². The van der Waals surface area contributed by atoms with Crippen molar-refractivity contribution in [3.05, 3.63) is 72.4 Å². The number of rotatable bonds is 10. The Bertz CT molecular complexity index is 1030. The SMILES string of the molecule is CS(=O)(=O)Nc1cccc(CNc2ccnc(NCCOc3ccccc3)n2)c1. The van der Waals surface area contributed by atoms with E-state index in [1.54, 1.807) is 30.5 Å². The first-order chi connectivity index (χ1) is 14.0. The summed E-state index contributed by atoms with van der Waals surface area (Å²) < 4.78 is 30.8. The lowest BCUT2D eigenvalue weighted by atomic mass is 10.2. The molecule has 0 spiro atoms. The highest BCUT2D eigenvalue weighted by Crippen LogP contribution is 2.14. The maximum absolute atomic E-state index is 11.4. The van der Waals surface area contributed by atoms with Gasteiger partial charge in [0.25, 0.3) is 0 Å². The number of anilines is 3. The topological polar surface area (TPSA) is 105 Å². The first kappa shape index (κ1) is 20.4. The van der Waals surface area contributed by atoms with Gasteiger partial charge in [-0.25, -0.2) is 13.4 Å². The average Bonchev–Trinajstić information content (AvgIpc) is 2.70. The van der Waals surface area contributed by atoms with Gasteiger partial charge in [0.15, 0.2) is 0 Å². The lowest BCUT2D eigenvalue weighted by Gasteiger charge is -2.10. The van der Waals surface area contributed by atoms with Crippen LogP contribution in [0.3, 0.4) is 0 Å². The van der Waals surface area contributed by atoms with Crippen LogP contribution < -0.4 is 20.1 Å². The zero-order valence-electron chi connectivity index (χ0n) is 16.0. The summed E-state index contributed by atoms with van der Waals surface area (Å²) in [6, 6.07) is 18.5. The predicted molar refractivity (Wildman–Crippen MR) is 115 cm³/mol. The van der Waals surface area contributed by atoms with Crippen LogP contribution in [0.25, 0.3) is 0 Å². The monoisotopic (exact) mass is 413 g/mol. The van der Waals surface area contributed by atoms with Gasteiger partial charge in [-0.2, -0.15) is 4.98 Å². The molecule has 152 valence electrons. The summed E-state index contributed by atoms with van der Waals surface area (Å²) in [5.74, 6) is 1.98. The fourth-order valence-corrected chi connectivity index (χ4v) is 3.10. The van der Waals surface area contributed by atoms with Gasteiger partial charge in [0.1, 0.15) is 18.2 Å². The molecule has 0 radical (unpaired) electrons. The van der Waals surface area contributed by atoms with Gasteiger partial charge in [0, 0.05) is 18.4 Å². The van der Waals surface area contributed by atoms with E-state index >= 15 is 0 Å². The number of nitrogens with zero attached hydrogens (tertiary/aromatic N) is 2. The van der Waals surface area contributed by atoms with E-state index in [1.165, 1.54) is 0 Å². The molecule has 1 aromatic heterocycles. The van der Waals surface area contributed by atoms with Crippen LogP contribution in [0.4, 0.5) is 17.5 Å². The molecule has 0 amide bonds. The van der Waals surface area contributed by atoms with Crippen molar-refractivity contribution < 1.29 is 13.2 Å². The number of para-hydroxylation sites is 1. The van der Waals surface area contributed by atoms with Crippen LogP contribution in [0.15, 0.2) is 66.9 Å². The lowest BCUT2D eigenvalue weighted by molar-refractivity contribution is 0.332. The smallest absolute Gasteiger partial charge is 0.229 e. The van der Waals surface area contributed by atoms with Crippen molar-refractivity contribution in [1.82, 2.24) is 9.97 Å². The molecule has 0 atom stereocenters. The van der Waals surface area contributed by atoms with Crippen molar-refractivity contribution in [1.29, 1.82) is 0 Å². The number of aromatic nitrogens is 2. The highest BCUT2D eigenvalue weighted by atomic mass is 32.2. The second-order valence-electron chi connectivity index (χ2n) is 6.28. The first-order valence-electron chi connectivity index (χ1n) is 9.03. The molecule has 0 unspecified atom stereocenters. The molecule has 29 heavy (non-hydrogen) atoms. The Morgan fingerprint density at radius 1 is 1.00 bits per heavy atom. The second kappa shape index (κ2) is 9.74. The fourth-order valence-electron chi connectivity index (χ4n) is 2.54. The molecule has 8 nitrogen and oxygen atoms in total. The van der Waals surface area contributed by atoms with Gasteiger partial charge >= 0.3 is 0 Å². The number of nitrogens with one attached hydrogen (secondary N) is 3. The van der Waals surface area contributed by atoms with Crippen LogP contribution in [-0.4, -0.2) is 37.8 Å². The van der Waals surface area contributed by atoms with E-state index in [1.807, 2.05) is 36.4 Å². The second-order valence-corrected chi connectivity index (χ2v) is 8.03. The summed E-state index contributed by atoms with van der Waals surface area (Å²) in [5.41, 5.74) is 1.44. The van der Waals surface area contributed by atoms with Gasteiger partial charge in [0.05, 0.1) is 12.8 Å². The molecule has 0 saturated heterocycles. The van der Waals surface area contributed by atoms with Crippen LogP contribution in [0.2, 0.25) is 0 Å². The van der Waals surface area contributed by atoms with E-state index in [9.17, 15) is 8.42 Å². The Kier molecular flexibility index (Phi) is 6.85. The van der Waals surface area contributed by atoms with E-state index in [4.69, 9.17) is 4.74 Å². The van der Waals surface area contributed by atoms with Gasteiger partial charge < -0.3 is 15.4 Å². The van der Waals surface area contributed by atoms with Crippen molar-refractivity contribution in [2.75, 3.05) is 34.8 Å². The minimum atomic E-state index is -3.31. The van der Waals surface area contributed by atoms with Crippen molar-refractivity contribution in [2.45, 2.75) is 6.54 Å². The number of sulfonamides is 1. The van der Waals surface area contributed by atoms with Gasteiger partial charge in [-0.05, 0) is 35.9 Å². The minimum Gasteiger partial charge on any atom is -0.492 e. The van der Waals surface area contributed by atoms with Gasteiger partial charge in [-0.1, -0.05) is 30.3 Å². The van der Waals surface area contributed by atoms with Crippen LogP contribution >= 0.6 is 0 Å². The molecular weight excluding hydrogens is 390 g/mol. The van der Waals surface area contributed by atoms with Gasteiger partial charge in [-0.15, -0.1) is 0 Å². The van der Waals surface area contributed by atoms with Crippen molar-refractivity contribution >= 4 is 27.5 Å². The Hall–Kier alpha value is -3.33. The van der Waals surface area contributed by atoms with Gasteiger partial charge in [0.2, 0.25) is 16.0 Å². The molecule has 3 rings (SSSR count). The Morgan fingerprint density at radius 3 is 2.62 bits per heavy atom. The highest BCUT2D eigenvalue weighted by Gasteiger charge is 2.04. The Morgan fingerprint density at radius 2 is 1.83 bits per heavy atom. The number of ether oxygens (including phenoxy) is 1. The van der Waals surface area contributed by atoms with E-state index in [-0.39, 0.29) is 0 Å². The zero-order valence-corrected chi connectivity index (χ0v) is 16.8. The maximum Gasteiger partial charge on any atom is 0.229 e. The molecule has 0 aliphatic heterocycles. The molecule has 9 heteroatoms. The molecule has 2 aromatic carbocycles. The van der Waals surface area contributed by atoms with Crippen molar-refractivity contribution in [2.24, 2.45) is 0 Å². The molecular formula is C20H23N5O3S. The molecule has 0 saturated carbocycles. The van der Waals surface area contributed by atoms with Crippen LogP contribution in [-0.2, 0) is 16.6 Å². The Balaban J connectivity index is 1.49. The molecule has 0 aliphatic carbocycles. The molecule has 1 heterocycles. The quantitative estimate of drug-likeness (QED) is 0.439. The number of benzene rings is 2. The summed E-state index contributed by atoms with van der Waals surface area (Å²) >= 11 is 0. The molecule has 3 aromatic rings. The fraction of sp³-hybridized carbons (Fsp3) is 0.200. The normalized spacial score (nSPS) is 10.9. The van der Waals surface area contributed by atoms with Crippen LogP contribution in [0, 0.1) is 0 Å². The third kappa shape index (κ3) is 7.30. The standard InChI is InChI=1S/C20H23N5O3S/c1-29(26,27)25-17-7-5-6-16(14-17)15-23-19-10-11-21-20(24-19)22-12-13-28-18-8-3-2-4-9-18/h2-11,14,25H,12-13,15H2,1H3,(H2,21,22,23,24). The third-order valence-electron chi connectivity index (χ3n) is 3.76. The summed E-state index contributed by atoms with van der Waals surface area (Å²) in [6.07, 6.45) is 2.79. The van der Waals surface area contributed by atoms with E-state index < -0.39 is 10.0 Å². The molecule has 0 fully saturated rings. The molecule has 0 bridgehead atoms. The van der Waals surface area contributed by atoms with E-state index in [0.717, 1.165) is 17.6 Å². The molecule has 0 aliphatic rings. The zero-order chi connectivity index (χ0) is 20.5. The van der Waals surface area contributed by atoms with Crippen LogP contribution in [0.1, 0.15) is 5.56 Å². The highest BCUT2D eigenvalue weighted by molar-refractivity contribution is 7.92. The lowest BCUT2D eigenvalue weighted by Crippen LogP contribution is -2.14. The van der Waals surface area contributed by atoms with Crippen molar-refractivity contribution in [3.63, 3.8) is 0 Å². The minimum absolute atomic E-state index is 0.491. The summed E-state index contributed by atoms with van der Waals surface area (Å²) in [5, 5.41) is 6.33.